The summed E-state index contributed by atoms with van der Waals surface area (Å²) in [7, 11) is 0. The van der Waals surface area contributed by atoms with Gasteiger partial charge >= 0.3 is 0 Å². The molecule has 1 atom stereocenters. The first-order valence-electron chi connectivity index (χ1n) is 9.81. The summed E-state index contributed by atoms with van der Waals surface area (Å²) in [5, 5.41) is 7.26. The summed E-state index contributed by atoms with van der Waals surface area (Å²) < 4.78 is 0. The van der Waals surface area contributed by atoms with Gasteiger partial charge in [-0.2, -0.15) is 5.10 Å². The van der Waals surface area contributed by atoms with Crippen molar-refractivity contribution in [1.82, 2.24) is 15.1 Å². The molecule has 1 unspecified atom stereocenters. The molecule has 0 saturated carbocycles. The van der Waals surface area contributed by atoms with Gasteiger partial charge in [-0.05, 0) is 18.9 Å². The summed E-state index contributed by atoms with van der Waals surface area (Å²) >= 11 is 0. The molecule has 1 aliphatic rings. The lowest BCUT2D eigenvalue weighted by Crippen LogP contribution is -2.41. The molecule has 2 heterocycles. The summed E-state index contributed by atoms with van der Waals surface area (Å²) in [6, 6.07) is 11.1. The molecule has 1 aromatic carbocycles. The van der Waals surface area contributed by atoms with Gasteiger partial charge in [0.25, 0.3) is 5.91 Å². The highest BCUT2D eigenvalue weighted by Crippen LogP contribution is 2.25. The van der Waals surface area contributed by atoms with Crippen LogP contribution in [0.1, 0.15) is 79.4 Å². The van der Waals surface area contributed by atoms with Crippen LogP contribution in [0.3, 0.4) is 0 Å². The fraction of sp³-hybridized carbons (Fsp3) is 0.500. The number of carbonyl (C=O) groups is 2. The van der Waals surface area contributed by atoms with E-state index in [-0.39, 0.29) is 23.1 Å². The number of likely N-dealkylation sites (tertiary alicyclic amines) is 1. The highest BCUT2D eigenvalue weighted by Gasteiger charge is 2.30. The van der Waals surface area contributed by atoms with E-state index in [2.05, 4.69) is 31.0 Å². The third-order valence-electron chi connectivity index (χ3n) is 5.26. The molecular weight excluding hydrogens is 338 g/mol. The minimum Gasteiger partial charge on any atom is -0.334 e. The van der Waals surface area contributed by atoms with Crippen molar-refractivity contribution in [3.05, 3.63) is 53.3 Å². The van der Waals surface area contributed by atoms with E-state index in [4.69, 9.17) is 0 Å². The number of ketones is 1. The van der Waals surface area contributed by atoms with Gasteiger partial charge in [0.05, 0.1) is 0 Å². The second kappa shape index (κ2) is 8.07. The molecule has 5 heteroatoms. The predicted octanol–water partition coefficient (Wildman–Crippen LogP) is 4.37. The number of nitrogens with one attached hydrogen (secondary N) is 1. The van der Waals surface area contributed by atoms with Crippen LogP contribution >= 0.6 is 0 Å². The molecule has 0 aliphatic carbocycles. The van der Waals surface area contributed by atoms with Gasteiger partial charge in [-0.25, -0.2) is 0 Å². The lowest BCUT2D eigenvalue weighted by atomic mass is 9.92. The highest BCUT2D eigenvalue weighted by atomic mass is 16.2. The lowest BCUT2D eigenvalue weighted by molar-refractivity contribution is 0.0654. The molecule has 0 radical (unpaired) electrons. The lowest BCUT2D eigenvalue weighted by Gasteiger charge is -2.29. The molecule has 1 fully saturated rings. The van der Waals surface area contributed by atoms with Gasteiger partial charge in [-0.3, -0.25) is 14.7 Å². The fourth-order valence-corrected chi connectivity index (χ4v) is 3.58. The third-order valence-corrected chi connectivity index (χ3v) is 5.26. The minimum atomic E-state index is -0.0903. The second-order valence-corrected chi connectivity index (χ2v) is 8.41. The molecule has 27 heavy (non-hydrogen) atoms. The van der Waals surface area contributed by atoms with Crippen molar-refractivity contribution in [2.75, 3.05) is 6.54 Å². The average molecular weight is 367 g/mol. The number of carbonyl (C=O) groups excluding carboxylic acids is 2. The van der Waals surface area contributed by atoms with E-state index >= 15 is 0 Å². The van der Waals surface area contributed by atoms with Crippen molar-refractivity contribution >= 4 is 11.7 Å². The largest absolute Gasteiger partial charge is 0.334 e. The van der Waals surface area contributed by atoms with Crippen molar-refractivity contribution in [2.24, 2.45) is 0 Å². The summed E-state index contributed by atoms with van der Waals surface area (Å²) in [4.78, 5) is 27.7. The topological polar surface area (TPSA) is 66.1 Å². The number of nitrogens with zero attached hydrogens (tertiary/aromatic N) is 2. The molecule has 1 saturated heterocycles. The molecule has 3 rings (SSSR count). The van der Waals surface area contributed by atoms with Gasteiger partial charge in [0, 0.05) is 35.7 Å². The van der Waals surface area contributed by atoms with E-state index in [0.29, 0.717) is 24.2 Å². The van der Waals surface area contributed by atoms with E-state index in [1.54, 1.807) is 0 Å². The maximum atomic E-state index is 13.2. The number of Topliss-reactive ketones (excluding diaryl/α,β-unsaturated/α-hetero) is 1. The minimum absolute atomic E-state index is 0.0671. The van der Waals surface area contributed by atoms with Crippen LogP contribution in [0.15, 0.2) is 36.4 Å². The quantitative estimate of drug-likeness (QED) is 0.816. The molecule has 2 aromatic rings. The Balaban J connectivity index is 1.79. The maximum Gasteiger partial charge on any atom is 0.274 e. The number of rotatable bonds is 4. The predicted molar refractivity (Wildman–Crippen MR) is 106 cm³/mol. The zero-order chi connectivity index (χ0) is 19.4. The van der Waals surface area contributed by atoms with Crippen LogP contribution in [-0.4, -0.2) is 39.4 Å². The molecule has 5 nitrogen and oxygen atoms in total. The molecule has 1 amide bonds. The average Bonchev–Trinajstić information content (AvgIpc) is 3.04. The zero-order valence-corrected chi connectivity index (χ0v) is 16.5. The van der Waals surface area contributed by atoms with Gasteiger partial charge in [-0.15, -0.1) is 0 Å². The van der Waals surface area contributed by atoms with Gasteiger partial charge in [0.2, 0.25) is 0 Å². The number of aromatic nitrogens is 2. The van der Waals surface area contributed by atoms with Crippen molar-refractivity contribution in [1.29, 1.82) is 0 Å². The zero-order valence-electron chi connectivity index (χ0n) is 16.5. The van der Waals surface area contributed by atoms with Crippen molar-refractivity contribution in [3.63, 3.8) is 0 Å². The maximum absolute atomic E-state index is 13.2. The normalized spacial score (nSPS) is 18.2. The summed E-state index contributed by atoms with van der Waals surface area (Å²) in [5.41, 5.74) is 2.01. The van der Waals surface area contributed by atoms with Crippen LogP contribution in [0.4, 0.5) is 0 Å². The Labute approximate surface area is 161 Å². The Hall–Kier alpha value is -2.43. The molecule has 0 bridgehead atoms. The molecular formula is C22H29N3O2. The van der Waals surface area contributed by atoms with Crippen molar-refractivity contribution in [2.45, 2.75) is 64.3 Å². The first-order chi connectivity index (χ1) is 12.9. The number of H-pyrrole nitrogens is 1. The van der Waals surface area contributed by atoms with Crippen LogP contribution in [0, 0.1) is 0 Å². The third kappa shape index (κ3) is 4.65. The molecule has 1 aromatic heterocycles. The van der Waals surface area contributed by atoms with Crippen LogP contribution in [-0.2, 0) is 5.41 Å². The Kier molecular flexibility index (Phi) is 5.78. The van der Waals surface area contributed by atoms with Gasteiger partial charge in [-0.1, -0.05) is 63.9 Å². The smallest absolute Gasteiger partial charge is 0.274 e. The summed E-state index contributed by atoms with van der Waals surface area (Å²) in [6.45, 7) is 6.94. The van der Waals surface area contributed by atoms with E-state index in [1.165, 1.54) is 0 Å². The van der Waals surface area contributed by atoms with E-state index in [9.17, 15) is 9.59 Å². The Morgan fingerprint density at radius 3 is 2.56 bits per heavy atom. The number of amides is 1. The van der Waals surface area contributed by atoms with Crippen LogP contribution in [0.5, 0.6) is 0 Å². The van der Waals surface area contributed by atoms with Crippen LogP contribution < -0.4 is 0 Å². The Morgan fingerprint density at radius 2 is 1.89 bits per heavy atom. The SMILES string of the molecule is CC(C)(C)c1cc(C(=O)N2CCCCCC2CC(=O)c2ccccc2)n[nH]1. The molecule has 1 N–H and O–H groups in total. The number of hydrogen-bond donors (Lipinski definition) is 1. The van der Waals surface area contributed by atoms with Gasteiger partial charge in [0.15, 0.2) is 5.78 Å². The van der Waals surface area contributed by atoms with Crippen molar-refractivity contribution in [3.8, 4) is 0 Å². The second-order valence-electron chi connectivity index (χ2n) is 8.41. The summed E-state index contributed by atoms with van der Waals surface area (Å²) in [6.07, 6.45) is 4.34. The number of hydrogen-bond acceptors (Lipinski definition) is 3. The molecule has 0 spiro atoms. The van der Waals surface area contributed by atoms with Crippen LogP contribution in [0.25, 0.3) is 0 Å². The first-order valence-corrected chi connectivity index (χ1v) is 9.81. The first kappa shape index (κ1) is 19.3. The number of benzene rings is 1. The standard InChI is InChI=1S/C22H29N3O2/c1-22(2,3)20-15-18(23-24-20)21(27)25-13-9-5-8-12-17(25)14-19(26)16-10-6-4-7-11-16/h4,6-7,10-11,15,17H,5,8-9,12-14H2,1-3H3,(H,23,24). The monoisotopic (exact) mass is 367 g/mol. The molecule has 144 valence electrons. The number of aromatic amines is 1. The van der Waals surface area contributed by atoms with E-state index in [0.717, 1.165) is 31.4 Å². The Morgan fingerprint density at radius 1 is 1.15 bits per heavy atom. The fourth-order valence-electron chi connectivity index (χ4n) is 3.58. The van der Waals surface area contributed by atoms with Gasteiger partial charge in [0.1, 0.15) is 5.69 Å². The summed E-state index contributed by atoms with van der Waals surface area (Å²) in [5.74, 6) is 0.0206. The highest BCUT2D eigenvalue weighted by molar-refractivity contribution is 5.97. The van der Waals surface area contributed by atoms with E-state index in [1.807, 2.05) is 41.3 Å². The van der Waals surface area contributed by atoms with Gasteiger partial charge < -0.3 is 4.90 Å². The van der Waals surface area contributed by atoms with Crippen LogP contribution in [0.2, 0.25) is 0 Å². The molecule has 1 aliphatic heterocycles. The Bertz CT molecular complexity index is 789. The van der Waals surface area contributed by atoms with E-state index < -0.39 is 0 Å². The van der Waals surface area contributed by atoms with Crippen molar-refractivity contribution < 1.29 is 9.59 Å².